The Balaban J connectivity index is 1.31. The van der Waals surface area contributed by atoms with Crippen LogP contribution in [0.4, 0.5) is 18.0 Å². The van der Waals surface area contributed by atoms with E-state index in [0.717, 1.165) is 36.1 Å². The van der Waals surface area contributed by atoms with Crippen molar-refractivity contribution in [3.05, 3.63) is 35.9 Å². The van der Waals surface area contributed by atoms with Crippen molar-refractivity contribution in [1.29, 1.82) is 0 Å². The first-order valence-electron chi connectivity index (χ1n) is 21.4. The van der Waals surface area contributed by atoms with Crippen molar-refractivity contribution >= 4 is 44.6 Å². The minimum absolute atomic E-state index is 0.000230. The molecule has 3 fully saturated rings. The third kappa shape index (κ3) is 8.25. The highest BCUT2D eigenvalue weighted by molar-refractivity contribution is 7.91. The van der Waals surface area contributed by atoms with Gasteiger partial charge in [-0.05, 0) is 101 Å². The molecule has 1 saturated heterocycles. The average Bonchev–Trinajstić information content (AvgIpc) is 4.14. The molecule has 4 heterocycles. The van der Waals surface area contributed by atoms with Crippen molar-refractivity contribution in [1.82, 2.24) is 24.8 Å². The summed E-state index contributed by atoms with van der Waals surface area (Å²) in [5.74, 6) is -3.33. The number of pyridine rings is 1. The molecular formula is C43H56F3N5O10S. The number of aryl methyl sites for hydroxylation is 1. The molecule has 4 amide bonds. The lowest BCUT2D eigenvalue weighted by Gasteiger charge is -2.45. The van der Waals surface area contributed by atoms with Crippen molar-refractivity contribution in [2.24, 2.45) is 17.8 Å². The van der Waals surface area contributed by atoms with Crippen molar-refractivity contribution in [2.45, 2.75) is 132 Å². The first-order chi connectivity index (χ1) is 29.3. The van der Waals surface area contributed by atoms with Gasteiger partial charge in [0.1, 0.15) is 46.4 Å². The van der Waals surface area contributed by atoms with E-state index in [2.05, 4.69) is 5.32 Å². The van der Waals surface area contributed by atoms with E-state index in [9.17, 15) is 41.1 Å². The highest BCUT2D eigenvalue weighted by Gasteiger charge is 2.64. The van der Waals surface area contributed by atoms with E-state index in [1.54, 1.807) is 25.1 Å². The molecule has 0 spiro atoms. The van der Waals surface area contributed by atoms with Crippen LogP contribution in [0.2, 0.25) is 0 Å². The molecule has 3 aliphatic heterocycles. The fraction of sp³-hybridized carbons (Fsp3) is 0.651. The minimum atomic E-state index is -4.49. The highest BCUT2D eigenvalue weighted by atomic mass is 32.2. The first kappa shape index (κ1) is 45.2. The van der Waals surface area contributed by atoms with Gasteiger partial charge in [0, 0.05) is 23.3 Å². The van der Waals surface area contributed by atoms with Crippen LogP contribution >= 0.6 is 0 Å². The molecular weight excluding hydrogens is 836 g/mol. The summed E-state index contributed by atoms with van der Waals surface area (Å²) in [6.45, 7) is 4.69. The summed E-state index contributed by atoms with van der Waals surface area (Å²) < 4.78 is 88.5. The molecule has 2 aromatic rings. The number of rotatable bonds is 11. The topological polar surface area (TPSA) is 194 Å². The van der Waals surface area contributed by atoms with Gasteiger partial charge in [0.05, 0.1) is 20.3 Å². The summed E-state index contributed by atoms with van der Waals surface area (Å²) in [6.07, 6.45) is 0.437. The number of sulfonamides is 1. The van der Waals surface area contributed by atoms with Crippen LogP contribution in [0.5, 0.6) is 17.5 Å². The third-order valence-corrected chi connectivity index (χ3v) is 15.7. The van der Waals surface area contributed by atoms with Crippen LogP contribution in [0, 0.1) is 17.8 Å². The van der Waals surface area contributed by atoms with Crippen LogP contribution in [-0.4, -0.2) is 119 Å². The Labute approximate surface area is 359 Å². The number of amides is 4. The number of aromatic nitrogens is 1. The molecule has 7 atom stereocenters. The number of carbonyl (C=O) groups excluding carboxylic acids is 3. The monoisotopic (exact) mass is 891 g/mol. The van der Waals surface area contributed by atoms with Gasteiger partial charge in [-0.15, -0.1) is 0 Å². The van der Waals surface area contributed by atoms with Gasteiger partial charge in [-0.2, -0.15) is 4.98 Å². The van der Waals surface area contributed by atoms with Crippen LogP contribution < -0.4 is 24.2 Å². The number of fused-ring (bicyclic) bond motifs is 5. The fourth-order valence-electron chi connectivity index (χ4n) is 9.36. The Bertz CT molecular complexity index is 2240. The molecule has 62 heavy (non-hydrogen) atoms. The van der Waals surface area contributed by atoms with Crippen LogP contribution in [0.1, 0.15) is 91.0 Å². The SMILES string of the molecule is CC[C@@H]1C[C@@H](C)CC/C=C\[C@@H]2C[C@@]2(C(=O)NS(=O)(=O)C2(CF)CC2)NC(=O)[C@@H]2C[C@@H](Oc3nc4c(c5cc(OC)ccc35)CCCO4)CN2C(=O)[C@H]1N(C(=O)O)C(C)(C)C(F)F. The maximum absolute atomic E-state index is 15.3. The summed E-state index contributed by atoms with van der Waals surface area (Å²) in [6, 6.07) is 2.21. The van der Waals surface area contributed by atoms with E-state index >= 15 is 4.79 Å². The first-order valence-corrected chi connectivity index (χ1v) is 22.8. The van der Waals surface area contributed by atoms with Crippen molar-refractivity contribution in [3.63, 3.8) is 0 Å². The molecule has 19 heteroatoms. The number of nitrogens with zero attached hydrogens (tertiary/aromatic N) is 3. The predicted octanol–water partition coefficient (Wildman–Crippen LogP) is 5.53. The van der Waals surface area contributed by atoms with Gasteiger partial charge in [-0.3, -0.25) is 24.0 Å². The average molecular weight is 892 g/mol. The van der Waals surface area contributed by atoms with Gasteiger partial charge in [0.25, 0.3) is 12.3 Å². The van der Waals surface area contributed by atoms with Crippen molar-refractivity contribution in [2.75, 3.05) is 26.9 Å². The maximum Gasteiger partial charge on any atom is 0.408 e. The molecule has 5 aliphatic rings. The van der Waals surface area contributed by atoms with E-state index in [0.29, 0.717) is 47.8 Å². The summed E-state index contributed by atoms with van der Waals surface area (Å²) in [4.78, 5) is 63.6. The third-order valence-electron chi connectivity index (χ3n) is 13.6. The standard InChI is InChI=1S/C43H56F3N5O10S/c1-6-25-18-24(2)10-7-8-11-26-21-43(26,39(54)49-62(57,58)42(23-44)15-16-42)48-34(52)32-20-28(22-50(32)37(53)33(25)51(40(55)56)41(3,4)38(45)46)61-36-30-14-13-27(59-5)19-31(30)29-12-9-17-60-35(29)47-36/h8,11,13-14,19,24-26,28,32-33,38H,6-7,9-10,12,15-18,20-23H2,1-5H3,(H,48,52)(H,49,54)(H,55,56)/b11-8-/t24-,25+,26+,28+,32-,33-,43+/m0/s1. The van der Waals surface area contributed by atoms with E-state index in [-0.39, 0.29) is 56.9 Å². The summed E-state index contributed by atoms with van der Waals surface area (Å²) in [7, 11) is -2.95. The molecule has 0 unspecified atom stereocenters. The number of halogens is 3. The number of ether oxygens (including phenoxy) is 3. The second-order valence-corrected chi connectivity index (χ2v) is 20.2. The number of hydrogen-bond acceptors (Lipinski definition) is 10. The van der Waals surface area contributed by atoms with Crippen LogP contribution in [0.15, 0.2) is 30.4 Å². The van der Waals surface area contributed by atoms with Crippen molar-refractivity contribution in [3.8, 4) is 17.5 Å². The maximum atomic E-state index is 15.3. The number of carboxylic acid groups (broad SMARTS) is 1. The van der Waals surface area contributed by atoms with E-state index in [1.165, 1.54) is 7.11 Å². The minimum Gasteiger partial charge on any atom is -0.497 e. The van der Waals surface area contributed by atoms with Crippen LogP contribution in [-0.2, 0) is 30.8 Å². The largest absolute Gasteiger partial charge is 0.497 e. The van der Waals surface area contributed by atoms with E-state index in [4.69, 9.17) is 19.2 Å². The molecule has 1 aromatic carbocycles. The number of carbonyl (C=O) groups is 4. The lowest BCUT2D eigenvalue weighted by atomic mass is 9.82. The van der Waals surface area contributed by atoms with Gasteiger partial charge in [-0.1, -0.05) is 32.4 Å². The zero-order valence-electron chi connectivity index (χ0n) is 35.6. The lowest BCUT2D eigenvalue weighted by molar-refractivity contribution is -0.149. The van der Waals surface area contributed by atoms with E-state index < -0.39 is 92.8 Å². The van der Waals surface area contributed by atoms with Crippen LogP contribution in [0.25, 0.3) is 10.8 Å². The zero-order chi connectivity index (χ0) is 44.9. The predicted molar refractivity (Wildman–Crippen MR) is 220 cm³/mol. The Kier molecular flexibility index (Phi) is 12.4. The van der Waals surface area contributed by atoms with Crippen LogP contribution in [0.3, 0.4) is 0 Å². The molecule has 0 radical (unpaired) electrons. The highest BCUT2D eigenvalue weighted by Crippen LogP contribution is 2.48. The fourth-order valence-corrected chi connectivity index (χ4v) is 10.8. The van der Waals surface area contributed by atoms with Gasteiger partial charge >= 0.3 is 6.09 Å². The smallest absolute Gasteiger partial charge is 0.408 e. The molecule has 7 rings (SSSR count). The number of methoxy groups -OCH3 is 1. The lowest BCUT2D eigenvalue weighted by Crippen LogP contribution is -2.65. The molecule has 1 aromatic heterocycles. The normalized spacial score (nSPS) is 29.1. The Hall–Kier alpha value is -4.81. The summed E-state index contributed by atoms with van der Waals surface area (Å²) in [5.41, 5.74) is -3.29. The van der Waals surface area contributed by atoms with Gasteiger partial charge in [-0.25, -0.2) is 26.4 Å². The second-order valence-electron chi connectivity index (χ2n) is 18.1. The summed E-state index contributed by atoms with van der Waals surface area (Å²) >= 11 is 0. The molecule has 0 bridgehead atoms. The number of alkyl halides is 3. The Morgan fingerprint density at radius 2 is 1.94 bits per heavy atom. The van der Waals surface area contributed by atoms with Gasteiger partial charge in [0.2, 0.25) is 33.6 Å². The van der Waals surface area contributed by atoms with Gasteiger partial charge in [0.15, 0.2) is 0 Å². The molecule has 340 valence electrons. The number of allylic oxidation sites excluding steroid dienone is 1. The molecule has 2 saturated carbocycles. The zero-order valence-corrected chi connectivity index (χ0v) is 36.4. The Morgan fingerprint density at radius 3 is 2.58 bits per heavy atom. The number of hydrogen-bond donors (Lipinski definition) is 3. The number of nitrogens with one attached hydrogen (secondary N) is 2. The number of benzene rings is 1. The molecule has 2 aliphatic carbocycles. The quantitative estimate of drug-likeness (QED) is 0.240. The van der Waals surface area contributed by atoms with Gasteiger partial charge < -0.3 is 29.5 Å². The molecule has 15 nitrogen and oxygen atoms in total. The second kappa shape index (κ2) is 17.1. The summed E-state index contributed by atoms with van der Waals surface area (Å²) in [5, 5.41) is 14.8. The molecule has 3 N–H and O–H groups in total. The Morgan fingerprint density at radius 1 is 1.19 bits per heavy atom. The van der Waals surface area contributed by atoms with Crippen molar-refractivity contribution < 1.29 is 60.1 Å². The van der Waals surface area contributed by atoms with E-state index in [1.807, 2.05) is 23.8 Å².